The monoisotopic (exact) mass is 294 g/mol. The van der Waals surface area contributed by atoms with Crippen LogP contribution >= 0.6 is 0 Å². The molecule has 8 heteroatoms. The van der Waals surface area contributed by atoms with Crippen LogP contribution in [0.25, 0.3) is 0 Å². The predicted octanol–water partition coefficient (Wildman–Crippen LogP) is -2.43. The molecule has 0 fully saturated rings. The molecular weight excluding hydrogens is 272 g/mol. The summed E-state index contributed by atoms with van der Waals surface area (Å²) in [6, 6.07) is 0. The fourth-order valence-electron chi connectivity index (χ4n) is 1.07. The van der Waals surface area contributed by atoms with Crippen molar-refractivity contribution in [3.8, 4) is 0 Å². The molecule has 0 aliphatic rings. The van der Waals surface area contributed by atoms with Gasteiger partial charge in [-0.25, -0.2) is 0 Å². The molecule has 0 spiro atoms. The molecule has 0 aliphatic carbocycles. The molecule has 0 aromatic heterocycles. The summed E-state index contributed by atoms with van der Waals surface area (Å²) in [6.07, 6.45) is -2.20. The Morgan fingerprint density at radius 3 is 1.55 bits per heavy atom. The van der Waals surface area contributed by atoms with Crippen LogP contribution in [0.4, 0.5) is 0 Å². The fraction of sp³-hybridized carbons (Fsp3) is 0.750. The highest BCUT2D eigenvalue weighted by Gasteiger charge is 2.29. The molecule has 5 N–H and O–H groups in total. The number of rotatable bonds is 10. The van der Waals surface area contributed by atoms with Crippen LogP contribution < -0.4 is 0 Å². The fourth-order valence-corrected chi connectivity index (χ4v) is 1.07. The van der Waals surface area contributed by atoms with E-state index in [1.165, 1.54) is 0 Å². The molecule has 0 radical (unpaired) electrons. The molecule has 4 atom stereocenters. The standard InChI is InChI=1S/C6H12O6.C6H10O2/c7-1-3(9)5(11)6(12)4(10)2-8;7-5-3-1-2-4-6-8/h1,3-6,8-12H,2H2;5-6H,1-4H2. The third-order valence-corrected chi connectivity index (χ3v) is 2.31. The van der Waals surface area contributed by atoms with Gasteiger partial charge in [-0.05, 0) is 12.8 Å². The summed E-state index contributed by atoms with van der Waals surface area (Å²) in [6.45, 7) is -0.760. The first-order valence-electron chi connectivity index (χ1n) is 6.11. The van der Waals surface area contributed by atoms with Crippen LogP contribution in [0.2, 0.25) is 0 Å². The lowest BCUT2D eigenvalue weighted by Gasteiger charge is -2.22. The van der Waals surface area contributed by atoms with Crippen molar-refractivity contribution >= 4 is 18.9 Å². The van der Waals surface area contributed by atoms with Crippen molar-refractivity contribution in [2.75, 3.05) is 6.61 Å². The molecule has 4 unspecified atom stereocenters. The number of hydrogen-bond acceptors (Lipinski definition) is 8. The number of carbonyl (C=O) groups excluding carboxylic acids is 3. The largest absolute Gasteiger partial charge is 0.394 e. The van der Waals surface area contributed by atoms with Gasteiger partial charge >= 0.3 is 0 Å². The first-order valence-corrected chi connectivity index (χ1v) is 6.11. The Morgan fingerprint density at radius 2 is 1.25 bits per heavy atom. The van der Waals surface area contributed by atoms with Gasteiger partial charge < -0.3 is 39.9 Å². The van der Waals surface area contributed by atoms with Gasteiger partial charge in [0, 0.05) is 12.8 Å². The Morgan fingerprint density at radius 1 is 0.800 bits per heavy atom. The van der Waals surface area contributed by atoms with Crippen molar-refractivity contribution in [1.82, 2.24) is 0 Å². The van der Waals surface area contributed by atoms with E-state index in [9.17, 15) is 14.4 Å². The van der Waals surface area contributed by atoms with Gasteiger partial charge in [-0.3, -0.25) is 0 Å². The molecular formula is C12H22O8. The van der Waals surface area contributed by atoms with Gasteiger partial charge in [0.2, 0.25) is 0 Å². The van der Waals surface area contributed by atoms with Crippen LogP contribution in [0, 0.1) is 0 Å². The van der Waals surface area contributed by atoms with E-state index in [0.29, 0.717) is 12.8 Å². The van der Waals surface area contributed by atoms with E-state index < -0.39 is 31.0 Å². The first-order chi connectivity index (χ1) is 9.45. The Hall–Kier alpha value is -1.19. The van der Waals surface area contributed by atoms with E-state index in [1.807, 2.05) is 0 Å². The van der Waals surface area contributed by atoms with Crippen LogP contribution in [0.5, 0.6) is 0 Å². The minimum absolute atomic E-state index is 0.0258. The van der Waals surface area contributed by atoms with Crippen LogP contribution in [-0.4, -0.2) is 75.4 Å². The Labute approximate surface area is 116 Å². The summed E-state index contributed by atoms with van der Waals surface area (Å²) in [4.78, 5) is 29.3. The van der Waals surface area contributed by atoms with Gasteiger partial charge in [-0.15, -0.1) is 0 Å². The molecule has 0 aromatic carbocycles. The molecule has 0 saturated carbocycles. The van der Waals surface area contributed by atoms with Crippen molar-refractivity contribution in [3.63, 3.8) is 0 Å². The van der Waals surface area contributed by atoms with Gasteiger partial charge in [0.05, 0.1) is 6.61 Å². The zero-order valence-electron chi connectivity index (χ0n) is 11.0. The second kappa shape index (κ2) is 14.2. The van der Waals surface area contributed by atoms with E-state index >= 15 is 0 Å². The van der Waals surface area contributed by atoms with Crippen molar-refractivity contribution in [2.24, 2.45) is 0 Å². The van der Waals surface area contributed by atoms with Gasteiger partial charge in [0.25, 0.3) is 0 Å². The minimum Gasteiger partial charge on any atom is -0.394 e. The van der Waals surface area contributed by atoms with E-state index in [-0.39, 0.29) is 6.29 Å². The minimum atomic E-state index is -1.79. The summed E-state index contributed by atoms with van der Waals surface area (Å²) in [5, 5.41) is 43.5. The second-order valence-corrected chi connectivity index (χ2v) is 3.98. The lowest BCUT2D eigenvalue weighted by molar-refractivity contribution is -0.136. The van der Waals surface area contributed by atoms with Crippen molar-refractivity contribution in [3.05, 3.63) is 0 Å². The molecule has 0 bridgehead atoms. The molecule has 0 heterocycles. The zero-order chi connectivity index (χ0) is 16.0. The summed E-state index contributed by atoms with van der Waals surface area (Å²) in [7, 11) is 0. The summed E-state index contributed by atoms with van der Waals surface area (Å²) in [5.74, 6) is 0. The summed E-state index contributed by atoms with van der Waals surface area (Å²) >= 11 is 0. The average molecular weight is 294 g/mol. The summed E-state index contributed by atoms with van der Waals surface area (Å²) < 4.78 is 0. The maximum atomic E-state index is 9.90. The Balaban J connectivity index is 0. The lowest BCUT2D eigenvalue weighted by atomic mass is 10.0. The summed E-state index contributed by atoms with van der Waals surface area (Å²) in [5.41, 5.74) is 0. The number of aliphatic hydroxyl groups is 5. The number of hydrogen-bond donors (Lipinski definition) is 5. The predicted molar refractivity (Wildman–Crippen MR) is 67.8 cm³/mol. The maximum Gasteiger partial charge on any atom is 0.151 e. The SMILES string of the molecule is O=CC(O)C(O)C(O)C(O)CO.O=CCCCCC=O. The van der Waals surface area contributed by atoms with Gasteiger partial charge in [0.1, 0.15) is 37.0 Å². The molecule has 0 saturated heterocycles. The van der Waals surface area contributed by atoms with E-state index in [1.54, 1.807) is 0 Å². The van der Waals surface area contributed by atoms with E-state index in [2.05, 4.69) is 0 Å². The normalized spacial score (nSPS) is 16.1. The smallest absolute Gasteiger partial charge is 0.151 e. The highest BCUT2D eigenvalue weighted by Crippen LogP contribution is 2.02. The zero-order valence-corrected chi connectivity index (χ0v) is 11.0. The number of aliphatic hydroxyl groups excluding tert-OH is 5. The average Bonchev–Trinajstić information content (AvgIpc) is 2.49. The van der Waals surface area contributed by atoms with Crippen LogP contribution in [0.15, 0.2) is 0 Å². The number of carbonyl (C=O) groups is 3. The quantitative estimate of drug-likeness (QED) is 0.220. The van der Waals surface area contributed by atoms with Crippen molar-refractivity contribution in [1.29, 1.82) is 0 Å². The molecule has 0 amide bonds. The highest BCUT2D eigenvalue weighted by atomic mass is 16.4. The third kappa shape index (κ3) is 10.7. The van der Waals surface area contributed by atoms with Gasteiger partial charge in [-0.2, -0.15) is 0 Å². The van der Waals surface area contributed by atoms with Gasteiger partial charge in [0.15, 0.2) is 6.29 Å². The Bertz CT molecular complexity index is 248. The lowest BCUT2D eigenvalue weighted by Crippen LogP contribution is -2.46. The van der Waals surface area contributed by atoms with Gasteiger partial charge in [-0.1, -0.05) is 0 Å². The van der Waals surface area contributed by atoms with Crippen molar-refractivity contribution < 1.29 is 39.9 Å². The molecule has 118 valence electrons. The molecule has 20 heavy (non-hydrogen) atoms. The van der Waals surface area contributed by atoms with Crippen LogP contribution in [0.1, 0.15) is 25.7 Å². The number of aldehydes is 3. The van der Waals surface area contributed by atoms with E-state index in [0.717, 1.165) is 25.4 Å². The highest BCUT2D eigenvalue weighted by molar-refractivity contribution is 5.56. The molecule has 8 nitrogen and oxygen atoms in total. The second-order valence-electron chi connectivity index (χ2n) is 3.98. The maximum absolute atomic E-state index is 9.90. The molecule has 0 rings (SSSR count). The first kappa shape index (κ1) is 21.1. The van der Waals surface area contributed by atoms with Crippen molar-refractivity contribution in [2.45, 2.75) is 50.1 Å². The Kier molecular flexibility index (Phi) is 15.0. The number of unbranched alkanes of at least 4 members (excludes halogenated alkanes) is 3. The molecule has 0 aliphatic heterocycles. The third-order valence-electron chi connectivity index (χ3n) is 2.31. The van der Waals surface area contributed by atoms with E-state index in [4.69, 9.17) is 25.5 Å². The van der Waals surface area contributed by atoms with Crippen LogP contribution in [-0.2, 0) is 14.4 Å². The van der Waals surface area contributed by atoms with Crippen LogP contribution in [0.3, 0.4) is 0 Å². The molecule has 0 aromatic rings. The topological polar surface area (TPSA) is 152 Å².